The first-order chi connectivity index (χ1) is 17.9. The van der Waals surface area contributed by atoms with Gasteiger partial charge in [0.25, 0.3) is 0 Å². The molecule has 0 spiro atoms. The Balaban J connectivity index is 1.94. The first kappa shape index (κ1) is 34.7. The molecule has 0 bridgehead atoms. The minimum absolute atomic E-state index is 0.128. The normalized spacial score (nSPS) is 19.9. The molecule has 3 rings (SSSR count). The maximum atomic E-state index is 14.3. The summed E-state index contributed by atoms with van der Waals surface area (Å²) in [6.45, 7) is 0. The van der Waals surface area contributed by atoms with Crippen LogP contribution in [0.15, 0.2) is 24.3 Å². The van der Waals surface area contributed by atoms with Gasteiger partial charge in [0.1, 0.15) is 0 Å². The van der Waals surface area contributed by atoms with E-state index in [1.165, 1.54) is 0 Å². The molecule has 1 aliphatic carbocycles. The predicted molar refractivity (Wildman–Crippen MR) is 184 cm³/mol. The van der Waals surface area contributed by atoms with Crippen molar-refractivity contribution < 1.29 is 45.6 Å². The number of carbonyl (C=O) groups is 3. The fourth-order valence-corrected chi connectivity index (χ4v) is 11.9. The highest BCUT2D eigenvalue weighted by Gasteiger charge is 2.54. The molecule has 0 N–H and O–H groups in total. The monoisotopic (exact) mass is 1240 g/mol. The van der Waals surface area contributed by atoms with Crippen molar-refractivity contribution in [3.63, 3.8) is 0 Å². The molecule has 212 valence electrons. The van der Waals surface area contributed by atoms with Crippen LogP contribution in [0.1, 0.15) is 19.3 Å². The van der Waals surface area contributed by atoms with Crippen molar-refractivity contribution in [1.29, 1.82) is 0 Å². The highest BCUT2D eigenvalue weighted by molar-refractivity contribution is 14.1. The minimum Gasteiger partial charge on any atom is -0.743 e. The van der Waals surface area contributed by atoms with Crippen molar-refractivity contribution >= 4 is 163 Å². The highest BCUT2D eigenvalue weighted by Crippen LogP contribution is 2.42. The molecular formula is C22H13F2I6O8S-. The number of esters is 2. The van der Waals surface area contributed by atoms with Crippen LogP contribution < -0.4 is 9.47 Å². The molecule has 1 aliphatic rings. The molecular weight excluding hydrogens is 1220 g/mol. The molecule has 0 aliphatic heterocycles. The lowest BCUT2D eigenvalue weighted by Gasteiger charge is -2.34. The van der Waals surface area contributed by atoms with E-state index in [0.717, 1.165) is 7.14 Å². The van der Waals surface area contributed by atoms with Gasteiger partial charge in [0.15, 0.2) is 21.6 Å². The zero-order valence-corrected chi connectivity index (χ0v) is 32.6. The van der Waals surface area contributed by atoms with Crippen molar-refractivity contribution in [1.82, 2.24) is 0 Å². The average molecular weight is 1240 g/mol. The summed E-state index contributed by atoms with van der Waals surface area (Å²) in [5, 5.41) is -5.25. The van der Waals surface area contributed by atoms with E-state index in [0.29, 0.717) is 20.0 Å². The number of benzene rings is 2. The third-order valence-electron chi connectivity index (χ3n) is 5.76. The van der Waals surface area contributed by atoms with E-state index >= 15 is 0 Å². The maximum Gasteiger partial charge on any atom is 0.391 e. The van der Waals surface area contributed by atoms with Crippen LogP contribution in [0.2, 0.25) is 0 Å². The molecule has 0 saturated heterocycles. The molecule has 1 saturated carbocycles. The summed E-state index contributed by atoms with van der Waals surface area (Å²) < 4.78 is 77.4. The van der Waals surface area contributed by atoms with Crippen LogP contribution in [0, 0.1) is 39.2 Å². The number of alkyl halides is 2. The summed E-state index contributed by atoms with van der Waals surface area (Å²) in [6.07, 6.45) is -1.02. The molecule has 3 atom stereocenters. The Morgan fingerprint density at radius 1 is 0.769 bits per heavy atom. The first-order valence-electron chi connectivity index (χ1n) is 10.5. The fourth-order valence-electron chi connectivity index (χ4n) is 3.91. The van der Waals surface area contributed by atoms with E-state index in [4.69, 9.17) is 9.47 Å². The summed E-state index contributed by atoms with van der Waals surface area (Å²) in [7, 11) is -6.34. The second kappa shape index (κ2) is 13.9. The minimum atomic E-state index is -6.34. The number of halogens is 8. The molecule has 0 aromatic heterocycles. The Hall–Kier alpha value is 1.20. The summed E-state index contributed by atoms with van der Waals surface area (Å²) in [6, 6.07) is 6.99. The van der Waals surface area contributed by atoms with Gasteiger partial charge in [0.05, 0.1) is 26.1 Å². The zero-order chi connectivity index (χ0) is 29.4. The maximum absolute atomic E-state index is 14.3. The summed E-state index contributed by atoms with van der Waals surface area (Å²) >= 11 is 12.0. The molecule has 0 radical (unpaired) electrons. The van der Waals surface area contributed by atoms with Crippen LogP contribution in [-0.4, -0.2) is 35.9 Å². The van der Waals surface area contributed by atoms with Gasteiger partial charge in [-0.1, -0.05) is 0 Å². The van der Waals surface area contributed by atoms with Crippen molar-refractivity contribution in [2.45, 2.75) is 24.5 Å². The number of rotatable bonds is 7. The molecule has 17 heteroatoms. The lowest BCUT2D eigenvalue weighted by atomic mass is 9.72. The van der Waals surface area contributed by atoms with Gasteiger partial charge in [-0.3, -0.25) is 14.4 Å². The summed E-state index contributed by atoms with van der Waals surface area (Å²) in [4.78, 5) is 39.0. The number of hydrogen-bond donors (Lipinski definition) is 0. The van der Waals surface area contributed by atoms with Crippen LogP contribution in [0.5, 0.6) is 11.5 Å². The SMILES string of the molecule is O=C(Oc1c(I)cc(I)cc1I)C1CCC(C(=O)C(F)(F)S(=O)(=O)[O-])C(C(=O)Oc2c(I)cc(I)cc2I)C1. The molecule has 3 unspecified atom stereocenters. The lowest BCUT2D eigenvalue weighted by Crippen LogP contribution is -2.48. The Bertz CT molecular complexity index is 1410. The topological polar surface area (TPSA) is 127 Å². The van der Waals surface area contributed by atoms with Crippen molar-refractivity contribution in [2.75, 3.05) is 0 Å². The number of ketones is 1. The first-order valence-corrected chi connectivity index (χ1v) is 18.4. The van der Waals surface area contributed by atoms with Gasteiger partial charge in [-0.2, -0.15) is 8.78 Å². The molecule has 1 fully saturated rings. The highest BCUT2D eigenvalue weighted by atomic mass is 127. The van der Waals surface area contributed by atoms with E-state index in [1.807, 2.05) is 90.4 Å². The molecule has 0 amide bonds. The van der Waals surface area contributed by atoms with E-state index < -0.39 is 63.7 Å². The zero-order valence-electron chi connectivity index (χ0n) is 18.9. The Morgan fingerprint density at radius 3 is 1.59 bits per heavy atom. The van der Waals surface area contributed by atoms with Crippen LogP contribution in [0.25, 0.3) is 0 Å². The van der Waals surface area contributed by atoms with Gasteiger partial charge in [0.2, 0.25) is 5.78 Å². The van der Waals surface area contributed by atoms with E-state index in [1.54, 1.807) is 24.3 Å². The van der Waals surface area contributed by atoms with E-state index in [-0.39, 0.29) is 12.2 Å². The van der Waals surface area contributed by atoms with Crippen molar-refractivity contribution in [3.05, 3.63) is 45.7 Å². The average Bonchev–Trinajstić information content (AvgIpc) is 2.81. The molecule has 2 aromatic rings. The number of ether oxygens (including phenoxy) is 2. The van der Waals surface area contributed by atoms with Crippen molar-refractivity contribution in [3.8, 4) is 11.5 Å². The fraction of sp³-hybridized carbons (Fsp3) is 0.318. The van der Waals surface area contributed by atoms with Gasteiger partial charge in [-0.15, -0.1) is 0 Å². The van der Waals surface area contributed by atoms with Crippen LogP contribution in [0.4, 0.5) is 8.78 Å². The second-order valence-corrected chi connectivity index (χ2v) is 16.9. The molecule has 2 aromatic carbocycles. The Morgan fingerprint density at radius 2 is 1.18 bits per heavy atom. The lowest BCUT2D eigenvalue weighted by molar-refractivity contribution is -0.155. The van der Waals surface area contributed by atoms with Gasteiger partial charge in [-0.05, 0) is 179 Å². The standard InChI is InChI=1S/C22H14F2I6O8S/c23-22(24,39(34,35)36)19(31)11-2-1-8(20(32)37-17-13(27)4-9(25)5-14(17)28)3-12(11)21(33)38-18-15(29)6-10(26)7-16(18)30/h4-8,11-12H,1-3H2,(H,34,35,36)/p-1. The summed E-state index contributed by atoms with van der Waals surface area (Å²) in [5.41, 5.74) is 0. The molecule has 8 nitrogen and oxygen atoms in total. The second-order valence-electron chi connectivity index (χ2n) is 8.30. The Kier molecular flexibility index (Phi) is 12.3. The third kappa shape index (κ3) is 8.23. The largest absolute Gasteiger partial charge is 0.743 e. The predicted octanol–water partition coefficient (Wildman–Crippen LogP) is 6.56. The quantitative estimate of drug-likeness (QED) is 0.132. The smallest absolute Gasteiger partial charge is 0.391 e. The van der Waals surface area contributed by atoms with Gasteiger partial charge in [-0.25, -0.2) is 8.42 Å². The summed E-state index contributed by atoms with van der Waals surface area (Å²) in [5.74, 6) is -8.08. The third-order valence-corrected chi connectivity index (χ3v) is 11.0. The van der Waals surface area contributed by atoms with E-state index in [9.17, 15) is 36.1 Å². The van der Waals surface area contributed by atoms with Gasteiger partial charge >= 0.3 is 17.2 Å². The van der Waals surface area contributed by atoms with Gasteiger partial charge < -0.3 is 14.0 Å². The number of carbonyl (C=O) groups excluding carboxylic acids is 3. The van der Waals surface area contributed by atoms with Crippen molar-refractivity contribution in [2.24, 2.45) is 17.8 Å². The van der Waals surface area contributed by atoms with Crippen LogP contribution >= 0.6 is 136 Å². The number of Topliss-reactive ketones (excluding diaryl/α,β-unsaturated/α-hetero) is 1. The van der Waals surface area contributed by atoms with Gasteiger partial charge in [0, 0.05) is 13.1 Å². The van der Waals surface area contributed by atoms with Crippen LogP contribution in [0.3, 0.4) is 0 Å². The molecule has 0 heterocycles. The number of hydrogen-bond acceptors (Lipinski definition) is 8. The molecule has 39 heavy (non-hydrogen) atoms. The van der Waals surface area contributed by atoms with Crippen LogP contribution in [-0.2, 0) is 24.5 Å². The Labute approximate surface area is 303 Å². The van der Waals surface area contributed by atoms with E-state index in [2.05, 4.69) is 45.2 Å².